The number of ketones is 1. The van der Waals surface area contributed by atoms with E-state index in [0.29, 0.717) is 5.02 Å². The molecule has 13 heavy (non-hydrogen) atoms. The van der Waals surface area contributed by atoms with Gasteiger partial charge in [0.05, 0.1) is 10.0 Å². The Morgan fingerprint density at radius 2 is 2.31 bits per heavy atom. The van der Waals surface area contributed by atoms with Gasteiger partial charge in [0.15, 0.2) is 5.78 Å². The summed E-state index contributed by atoms with van der Waals surface area (Å²) in [6.07, 6.45) is 3.13. The average Bonchev–Trinajstić information content (AvgIpc) is 2.04. The Morgan fingerprint density at radius 1 is 1.62 bits per heavy atom. The summed E-state index contributed by atoms with van der Waals surface area (Å²) in [6.45, 7) is 3.46. The fourth-order valence-corrected chi connectivity index (χ4v) is 1.33. The summed E-state index contributed by atoms with van der Waals surface area (Å²) in [6, 6.07) is 1.49. The second kappa shape index (κ2) is 4.40. The van der Waals surface area contributed by atoms with Crippen LogP contribution >= 0.6 is 23.2 Å². The van der Waals surface area contributed by atoms with E-state index in [2.05, 4.69) is 11.6 Å². The minimum atomic E-state index is -0.156. The molecule has 0 saturated carbocycles. The molecule has 68 valence electrons. The Hall–Kier alpha value is -0.860. The second-order valence-electron chi connectivity index (χ2n) is 2.40. The monoisotopic (exact) mass is 215 g/mol. The molecule has 1 heterocycles. The Balaban J connectivity index is 3.01. The van der Waals surface area contributed by atoms with Gasteiger partial charge in [-0.3, -0.25) is 4.79 Å². The lowest BCUT2D eigenvalue weighted by atomic mass is 10.2. The van der Waals surface area contributed by atoms with Gasteiger partial charge >= 0.3 is 0 Å². The predicted octanol–water partition coefficient (Wildman–Crippen LogP) is 3.15. The van der Waals surface area contributed by atoms with E-state index in [1.54, 1.807) is 0 Å². The number of rotatable bonds is 3. The van der Waals surface area contributed by atoms with E-state index in [9.17, 15) is 4.79 Å². The van der Waals surface area contributed by atoms with Crippen molar-refractivity contribution in [1.82, 2.24) is 4.98 Å². The van der Waals surface area contributed by atoms with Crippen molar-refractivity contribution in [2.24, 2.45) is 0 Å². The van der Waals surface area contributed by atoms with Gasteiger partial charge in [0.25, 0.3) is 0 Å². The van der Waals surface area contributed by atoms with Crippen LogP contribution in [0.4, 0.5) is 0 Å². The van der Waals surface area contributed by atoms with Gasteiger partial charge in [0.2, 0.25) is 0 Å². The second-order valence-corrected chi connectivity index (χ2v) is 3.24. The topological polar surface area (TPSA) is 30.0 Å². The fourth-order valence-electron chi connectivity index (χ4n) is 0.848. The van der Waals surface area contributed by atoms with Gasteiger partial charge in [0.1, 0.15) is 5.69 Å². The number of halogens is 2. The largest absolute Gasteiger partial charge is 0.292 e. The molecule has 0 aliphatic rings. The highest BCUT2D eigenvalue weighted by Crippen LogP contribution is 2.19. The van der Waals surface area contributed by atoms with Gasteiger partial charge in [-0.05, 0) is 6.07 Å². The van der Waals surface area contributed by atoms with Crippen LogP contribution in [-0.4, -0.2) is 10.8 Å². The summed E-state index contributed by atoms with van der Waals surface area (Å²) in [7, 11) is 0. The van der Waals surface area contributed by atoms with Crippen LogP contribution in [0.5, 0.6) is 0 Å². The predicted molar refractivity (Wildman–Crippen MR) is 53.4 cm³/mol. The van der Waals surface area contributed by atoms with Gasteiger partial charge in [-0.2, -0.15) is 0 Å². The number of carbonyl (C=O) groups is 1. The van der Waals surface area contributed by atoms with Gasteiger partial charge in [0, 0.05) is 12.6 Å². The maximum atomic E-state index is 11.3. The van der Waals surface area contributed by atoms with E-state index >= 15 is 0 Å². The van der Waals surface area contributed by atoms with Gasteiger partial charge in [-0.15, -0.1) is 6.58 Å². The van der Waals surface area contributed by atoms with Crippen molar-refractivity contribution >= 4 is 29.0 Å². The van der Waals surface area contributed by atoms with Crippen molar-refractivity contribution in [2.45, 2.75) is 6.42 Å². The van der Waals surface area contributed by atoms with E-state index in [0.717, 1.165) is 0 Å². The number of aromatic nitrogens is 1. The summed E-state index contributed by atoms with van der Waals surface area (Å²) in [5, 5.41) is 0.694. The minimum absolute atomic E-state index is 0.156. The van der Waals surface area contributed by atoms with E-state index in [1.165, 1.54) is 18.3 Å². The summed E-state index contributed by atoms with van der Waals surface area (Å²) >= 11 is 11.4. The van der Waals surface area contributed by atoms with E-state index in [-0.39, 0.29) is 22.9 Å². The van der Waals surface area contributed by atoms with Gasteiger partial charge in [-0.1, -0.05) is 29.3 Å². The van der Waals surface area contributed by atoms with Gasteiger partial charge in [-0.25, -0.2) is 4.98 Å². The summed E-state index contributed by atoms with van der Waals surface area (Å²) in [5.74, 6) is -0.156. The molecule has 0 saturated heterocycles. The highest BCUT2D eigenvalue weighted by molar-refractivity contribution is 6.36. The standard InChI is InChI=1S/C9H7Cl2NO/c1-2-3-8(13)9-7(11)4-6(10)5-12-9/h2,4-5H,1,3H2. The highest BCUT2D eigenvalue weighted by atomic mass is 35.5. The Labute approximate surface area is 86.2 Å². The maximum absolute atomic E-state index is 11.3. The molecular weight excluding hydrogens is 209 g/mol. The van der Waals surface area contributed by atoms with Crippen molar-refractivity contribution in [3.8, 4) is 0 Å². The molecule has 1 aromatic rings. The maximum Gasteiger partial charge on any atom is 0.186 e. The van der Waals surface area contributed by atoms with Crippen LogP contribution in [0.1, 0.15) is 16.9 Å². The number of nitrogens with zero attached hydrogens (tertiary/aromatic N) is 1. The molecule has 0 atom stereocenters. The first kappa shape index (κ1) is 10.2. The van der Waals surface area contributed by atoms with Crippen molar-refractivity contribution in [1.29, 1.82) is 0 Å². The molecule has 1 rings (SSSR count). The molecular formula is C9H7Cl2NO. The van der Waals surface area contributed by atoms with Crippen molar-refractivity contribution in [3.63, 3.8) is 0 Å². The van der Waals surface area contributed by atoms with Crippen LogP contribution in [0, 0.1) is 0 Å². The molecule has 1 aromatic heterocycles. The number of Topliss-reactive ketones (excluding diaryl/α,β-unsaturated/α-hetero) is 1. The van der Waals surface area contributed by atoms with E-state index in [1.807, 2.05) is 0 Å². The number of hydrogen-bond acceptors (Lipinski definition) is 2. The highest BCUT2D eigenvalue weighted by Gasteiger charge is 2.10. The van der Waals surface area contributed by atoms with Crippen LogP contribution < -0.4 is 0 Å². The van der Waals surface area contributed by atoms with Crippen LogP contribution in [0.15, 0.2) is 24.9 Å². The first-order valence-corrected chi connectivity index (χ1v) is 4.36. The third-order valence-electron chi connectivity index (χ3n) is 1.40. The Bertz CT molecular complexity index is 349. The molecule has 2 nitrogen and oxygen atoms in total. The molecule has 0 aliphatic carbocycles. The number of pyridine rings is 1. The molecule has 0 aromatic carbocycles. The number of allylic oxidation sites excluding steroid dienone is 1. The van der Waals surface area contributed by atoms with Crippen molar-refractivity contribution < 1.29 is 4.79 Å². The van der Waals surface area contributed by atoms with E-state index < -0.39 is 0 Å². The Kier molecular flexibility index (Phi) is 3.46. The smallest absolute Gasteiger partial charge is 0.186 e. The molecule has 0 aliphatic heterocycles. The molecule has 0 N–H and O–H groups in total. The molecule has 0 radical (unpaired) electrons. The lowest BCUT2D eigenvalue weighted by Crippen LogP contribution is -2.01. The lowest BCUT2D eigenvalue weighted by molar-refractivity contribution is 0.0991. The molecule has 0 unspecified atom stereocenters. The third-order valence-corrected chi connectivity index (χ3v) is 1.90. The summed E-state index contributed by atoms with van der Waals surface area (Å²) in [4.78, 5) is 15.2. The molecule has 0 amide bonds. The lowest BCUT2D eigenvalue weighted by Gasteiger charge is -1.99. The zero-order valence-corrected chi connectivity index (χ0v) is 8.27. The average molecular weight is 216 g/mol. The van der Waals surface area contributed by atoms with Crippen LogP contribution in [0.25, 0.3) is 0 Å². The SMILES string of the molecule is C=CCC(=O)c1ncc(Cl)cc1Cl. The molecule has 0 fully saturated rings. The first-order valence-electron chi connectivity index (χ1n) is 3.60. The van der Waals surface area contributed by atoms with Crippen molar-refractivity contribution in [2.75, 3.05) is 0 Å². The Morgan fingerprint density at radius 3 is 2.85 bits per heavy atom. The number of carbonyl (C=O) groups excluding carboxylic acids is 1. The third kappa shape index (κ3) is 2.54. The number of hydrogen-bond donors (Lipinski definition) is 0. The van der Waals surface area contributed by atoms with E-state index in [4.69, 9.17) is 23.2 Å². The minimum Gasteiger partial charge on any atom is -0.292 e. The molecule has 4 heteroatoms. The molecule has 0 bridgehead atoms. The quantitative estimate of drug-likeness (QED) is 0.573. The molecule has 0 spiro atoms. The normalized spacial score (nSPS) is 9.69. The summed E-state index contributed by atoms with van der Waals surface area (Å²) in [5.41, 5.74) is 0.242. The van der Waals surface area contributed by atoms with Crippen LogP contribution in [-0.2, 0) is 0 Å². The zero-order valence-electron chi connectivity index (χ0n) is 6.76. The van der Waals surface area contributed by atoms with Crippen LogP contribution in [0.3, 0.4) is 0 Å². The fraction of sp³-hybridized carbons (Fsp3) is 0.111. The summed E-state index contributed by atoms with van der Waals surface area (Å²) < 4.78 is 0. The zero-order chi connectivity index (χ0) is 9.84. The van der Waals surface area contributed by atoms with Crippen LogP contribution in [0.2, 0.25) is 10.0 Å². The van der Waals surface area contributed by atoms with Gasteiger partial charge < -0.3 is 0 Å². The van der Waals surface area contributed by atoms with Crippen molar-refractivity contribution in [3.05, 3.63) is 40.7 Å². The first-order chi connectivity index (χ1) is 6.15.